The third kappa shape index (κ3) is 2.09. The van der Waals surface area contributed by atoms with Crippen molar-refractivity contribution in [3.05, 3.63) is 11.3 Å². The molecule has 0 radical (unpaired) electrons. The van der Waals surface area contributed by atoms with Gasteiger partial charge >= 0.3 is 0 Å². The van der Waals surface area contributed by atoms with Gasteiger partial charge in [-0.15, -0.1) is 0 Å². The fourth-order valence-electron chi connectivity index (χ4n) is 5.09. The summed E-state index contributed by atoms with van der Waals surface area (Å²) < 4.78 is 12.3. The van der Waals surface area contributed by atoms with E-state index in [-0.39, 0.29) is 11.8 Å². The Bertz CT molecular complexity index is 590. The number of likely N-dealkylation sites (N-methyl/N-ethyl adjacent to an activating group) is 1. The maximum absolute atomic E-state index is 12.5. The molecule has 4 aliphatic heterocycles. The lowest BCUT2D eigenvalue weighted by molar-refractivity contribution is -0.555. The van der Waals surface area contributed by atoms with Crippen LogP contribution in [0.25, 0.3) is 0 Å². The van der Waals surface area contributed by atoms with Gasteiger partial charge in [0.15, 0.2) is 11.4 Å². The summed E-state index contributed by atoms with van der Waals surface area (Å²) in [6.07, 6.45) is 3.22. The molecular weight excluding hydrogens is 310 g/mol. The second kappa shape index (κ2) is 5.44. The first kappa shape index (κ1) is 16.4. The SMILES string of the molecule is CCNC(=O)C1=C(C)[C@@H]2CC[C@@H](C)[C@@H]3CC[C@]4(C)OO[C@@]23[C@H](O1)O4. The standard InChI is InChI=1S/C18H27NO5/c1-5-19-15(20)14-11(3)13-7-6-10(2)12-8-9-17(4)22-16(21-14)18(12,13)24-23-17/h10,12-13,16H,5-9H2,1-4H3,(H,19,20)/t10-,12+,13+,16-,17+,18-/m1/s1. The quantitative estimate of drug-likeness (QED) is 0.785. The maximum atomic E-state index is 12.5. The number of amides is 1. The molecular formula is C18H27NO5. The van der Waals surface area contributed by atoms with Crippen LogP contribution < -0.4 is 5.32 Å². The van der Waals surface area contributed by atoms with Crippen LogP contribution in [-0.2, 0) is 24.0 Å². The Labute approximate surface area is 142 Å². The van der Waals surface area contributed by atoms with Gasteiger partial charge in [0.2, 0.25) is 12.1 Å². The number of fused-ring (bicyclic) bond motifs is 2. The minimum Gasteiger partial charge on any atom is -0.456 e. The van der Waals surface area contributed by atoms with Gasteiger partial charge in [0.05, 0.1) is 0 Å². The highest BCUT2D eigenvalue weighted by atomic mass is 17.3. The zero-order valence-electron chi connectivity index (χ0n) is 14.9. The lowest BCUT2D eigenvalue weighted by Crippen LogP contribution is -2.67. The van der Waals surface area contributed by atoms with E-state index in [1.54, 1.807) is 0 Å². The molecule has 6 nitrogen and oxygen atoms in total. The van der Waals surface area contributed by atoms with Crippen LogP contribution in [0, 0.1) is 17.8 Å². The summed E-state index contributed by atoms with van der Waals surface area (Å²) in [5.41, 5.74) is 0.306. The van der Waals surface area contributed by atoms with Crippen molar-refractivity contribution in [1.29, 1.82) is 0 Å². The van der Waals surface area contributed by atoms with Crippen molar-refractivity contribution in [3.8, 4) is 0 Å². The number of carbonyl (C=O) groups is 1. The minimum absolute atomic E-state index is 0.0812. The molecule has 5 rings (SSSR count). The zero-order valence-corrected chi connectivity index (χ0v) is 14.9. The first-order valence-corrected chi connectivity index (χ1v) is 9.11. The van der Waals surface area contributed by atoms with Crippen molar-refractivity contribution in [3.63, 3.8) is 0 Å². The van der Waals surface area contributed by atoms with Gasteiger partial charge in [-0.25, -0.2) is 9.78 Å². The number of hydrogen-bond acceptors (Lipinski definition) is 5. The summed E-state index contributed by atoms with van der Waals surface area (Å²) in [4.78, 5) is 24.2. The Hall–Kier alpha value is -1.11. The maximum Gasteiger partial charge on any atom is 0.286 e. The number of nitrogens with one attached hydrogen (secondary N) is 1. The summed E-state index contributed by atoms with van der Waals surface area (Å²) in [7, 11) is 0. The monoisotopic (exact) mass is 337 g/mol. The molecule has 1 spiro atoms. The number of hydrogen-bond donors (Lipinski definition) is 1. The summed E-state index contributed by atoms with van der Waals surface area (Å²) in [6.45, 7) is 8.61. The average Bonchev–Trinajstić information content (AvgIpc) is 2.77. The predicted octanol–water partition coefficient (Wildman–Crippen LogP) is 2.64. The van der Waals surface area contributed by atoms with Crippen LogP contribution in [0.1, 0.15) is 53.4 Å². The van der Waals surface area contributed by atoms with E-state index in [9.17, 15) is 4.79 Å². The van der Waals surface area contributed by atoms with Crippen LogP contribution in [0.4, 0.5) is 0 Å². The molecule has 1 aliphatic carbocycles. The van der Waals surface area contributed by atoms with Gasteiger partial charge in [0.1, 0.15) is 0 Å². The third-order valence-electron chi connectivity index (χ3n) is 6.37. The van der Waals surface area contributed by atoms with E-state index < -0.39 is 17.7 Å². The smallest absolute Gasteiger partial charge is 0.286 e. The Balaban J connectivity index is 1.81. The summed E-state index contributed by atoms with van der Waals surface area (Å²) >= 11 is 0. The molecule has 0 unspecified atom stereocenters. The predicted molar refractivity (Wildman–Crippen MR) is 85.3 cm³/mol. The molecule has 1 saturated carbocycles. The Morgan fingerprint density at radius 2 is 2.08 bits per heavy atom. The van der Waals surface area contributed by atoms with Crippen LogP contribution in [0.15, 0.2) is 11.3 Å². The van der Waals surface area contributed by atoms with Gasteiger partial charge in [-0.1, -0.05) is 6.92 Å². The molecule has 0 aromatic rings. The summed E-state index contributed by atoms with van der Waals surface area (Å²) in [6, 6.07) is 0. The molecule has 6 heteroatoms. The second-order valence-electron chi connectivity index (χ2n) is 7.85. The highest BCUT2D eigenvalue weighted by Gasteiger charge is 2.68. The molecule has 1 N–H and O–H groups in total. The van der Waals surface area contributed by atoms with Gasteiger partial charge < -0.3 is 14.8 Å². The van der Waals surface area contributed by atoms with Crippen molar-refractivity contribution in [2.45, 2.75) is 71.1 Å². The van der Waals surface area contributed by atoms with Crippen molar-refractivity contribution in [1.82, 2.24) is 5.32 Å². The molecule has 0 aromatic carbocycles. The molecule has 1 amide bonds. The lowest BCUT2D eigenvalue weighted by atomic mass is 9.59. The van der Waals surface area contributed by atoms with Crippen molar-refractivity contribution < 1.29 is 24.0 Å². The fraction of sp³-hybridized carbons (Fsp3) is 0.833. The van der Waals surface area contributed by atoms with Gasteiger partial charge in [-0.3, -0.25) is 4.79 Å². The molecule has 3 saturated heterocycles. The van der Waals surface area contributed by atoms with E-state index >= 15 is 0 Å². The number of rotatable bonds is 2. The van der Waals surface area contributed by atoms with E-state index in [4.69, 9.17) is 19.2 Å². The molecule has 5 aliphatic rings. The molecule has 2 bridgehead atoms. The number of carbonyl (C=O) groups excluding carboxylic acids is 1. The summed E-state index contributed by atoms with van der Waals surface area (Å²) in [5, 5.41) is 2.84. The Morgan fingerprint density at radius 1 is 1.29 bits per heavy atom. The van der Waals surface area contributed by atoms with Crippen LogP contribution in [0.3, 0.4) is 0 Å². The molecule has 24 heavy (non-hydrogen) atoms. The summed E-state index contributed by atoms with van der Waals surface area (Å²) in [5.74, 6) is 0.308. The highest BCUT2D eigenvalue weighted by Crippen LogP contribution is 2.60. The topological polar surface area (TPSA) is 66.0 Å². The van der Waals surface area contributed by atoms with Gasteiger partial charge in [-0.05, 0) is 51.5 Å². The van der Waals surface area contributed by atoms with E-state index in [0.29, 0.717) is 24.1 Å². The van der Waals surface area contributed by atoms with Gasteiger partial charge in [0, 0.05) is 24.8 Å². The molecule has 6 atom stereocenters. The molecule has 4 fully saturated rings. The Morgan fingerprint density at radius 3 is 2.83 bits per heavy atom. The first-order chi connectivity index (χ1) is 11.4. The van der Waals surface area contributed by atoms with Crippen molar-refractivity contribution in [2.75, 3.05) is 6.54 Å². The zero-order chi connectivity index (χ0) is 17.1. The first-order valence-electron chi connectivity index (χ1n) is 9.11. The highest BCUT2D eigenvalue weighted by molar-refractivity contribution is 5.92. The third-order valence-corrected chi connectivity index (χ3v) is 6.37. The van der Waals surface area contributed by atoms with E-state index in [1.807, 2.05) is 20.8 Å². The molecule has 134 valence electrons. The molecule has 0 aromatic heterocycles. The van der Waals surface area contributed by atoms with E-state index in [2.05, 4.69) is 12.2 Å². The van der Waals surface area contributed by atoms with Gasteiger partial charge in [0.25, 0.3) is 5.91 Å². The average molecular weight is 337 g/mol. The largest absolute Gasteiger partial charge is 0.456 e. The van der Waals surface area contributed by atoms with Gasteiger partial charge in [-0.2, -0.15) is 0 Å². The fourth-order valence-corrected chi connectivity index (χ4v) is 5.09. The van der Waals surface area contributed by atoms with E-state index in [1.165, 1.54) is 0 Å². The van der Waals surface area contributed by atoms with Crippen LogP contribution >= 0.6 is 0 Å². The van der Waals surface area contributed by atoms with Crippen LogP contribution in [0.2, 0.25) is 0 Å². The molecule has 4 heterocycles. The van der Waals surface area contributed by atoms with Crippen molar-refractivity contribution >= 4 is 5.91 Å². The normalized spacial score (nSPS) is 46.8. The van der Waals surface area contributed by atoms with Crippen molar-refractivity contribution in [2.24, 2.45) is 17.8 Å². The Kier molecular flexibility index (Phi) is 3.71. The van der Waals surface area contributed by atoms with Crippen LogP contribution in [0.5, 0.6) is 0 Å². The second-order valence-corrected chi connectivity index (χ2v) is 7.85. The van der Waals surface area contributed by atoms with E-state index in [0.717, 1.165) is 31.3 Å². The lowest BCUT2D eigenvalue weighted by Gasteiger charge is -2.57. The minimum atomic E-state index is -0.810. The number of ether oxygens (including phenoxy) is 2. The van der Waals surface area contributed by atoms with Crippen LogP contribution in [-0.4, -0.2) is 30.1 Å².